The third-order valence-corrected chi connectivity index (χ3v) is 3.77. The number of hydrogen-bond acceptors (Lipinski definition) is 3. The lowest BCUT2D eigenvalue weighted by molar-refractivity contribution is 0.252. The predicted molar refractivity (Wildman–Crippen MR) is 82.0 cm³/mol. The fourth-order valence-corrected chi connectivity index (χ4v) is 2.46. The zero-order chi connectivity index (χ0) is 14.1. The van der Waals surface area contributed by atoms with Crippen molar-refractivity contribution in [2.24, 2.45) is 0 Å². The lowest BCUT2D eigenvalue weighted by Gasteiger charge is -2.12. The van der Waals surface area contributed by atoms with Crippen molar-refractivity contribution in [1.82, 2.24) is 5.32 Å². The molecule has 2 amide bonds. The number of carbonyl (C=O) groups excluding carboxylic acids is 1. The SMILES string of the molecule is Cc1cccc(C)c1NC(=O)NCCSCCCO. The zero-order valence-electron chi connectivity index (χ0n) is 11.5. The maximum absolute atomic E-state index is 11.7. The topological polar surface area (TPSA) is 61.4 Å². The van der Waals surface area contributed by atoms with Crippen LogP contribution in [0.5, 0.6) is 0 Å². The maximum Gasteiger partial charge on any atom is 0.319 e. The number of urea groups is 1. The number of aliphatic hydroxyl groups excluding tert-OH is 1. The number of aryl methyl sites for hydroxylation is 2. The van der Waals surface area contributed by atoms with Gasteiger partial charge in [0.1, 0.15) is 0 Å². The van der Waals surface area contributed by atoms with Gasteiger partial charge in [0.05, 0.1) is 0 Å². The van der Waals surface area contributed by atoms with Crippen LogP contribution in [0.1, 0.15) is 17.5 Å². The molecule has 1 aromatic rings. The predicted octanol–water partition coefficient (Wildman–Crippen LogP) is 2.54. The van der Waals surface area contributed by atoms with Gasteiger partial charge in [-0.15, -0.1) is 0 Å². The molecule has 0 atom stereocenters. The first-order valence-corrected chi connectivity index (χ1v) is 7.60. The van der Waals surface area contributed by atoms with Gasteiger partial charge in [-0.2, -0.15) is 11.8 Å². The highest BCUT2D eigenvalue weighted by molar-refractivity contribution is 7.99. The van der Waals surface area contributed by atoms with E-state index in [1.165, 1.54) is 0 Å². The van der Waals surface area contributed by atoms with Gasteiger partial charge in [-0.1, -0.05) is 18.2 Å². The third-order valence-electron chi connectivity index (χ3n) is 2.70. The Balaban J connectivity index is 2.28. The first-order valence-electron chi connectivity index (χ1n) is 6.45. The minimum atomic E-state index is -0.167. The summed E-state index contributed by atoms with van der Waals surface area (Å²) in [5, 5.41) is 14.3. The molecular formula is C14H22N2O2S. The van der Waals surface area contributed by atoms with Crippen molar-refractivity contribution in [3.8, 4) is 0 Å². The molecule has 1 rings (SSSR count). The van der Waals surface area contributed by atoms with Gasteiger partial charge >= 0.3 is 6.03 Å². The Morgan fingerprint density at radius 3 is 2.58 bits per heavy atom. The molecule has 0 heterocycles. The Labute approximate surface area is 119 Å². The van der Waals surface area contributed by atoms with Crippen molar-refractivity contribution in [1.29, 1.82) is 0 Å². The van der Waals surface area contributed by atoms with Gasteiger partial charge in [-0.3, -0.25) is 0 Å². The van der Waals surface area contributed by atoms with E-state index in [0.717, 1.165) is 34.7 Å². The van der Waals surface area contributed by atoms with E-state index < -0.39 is 0 Å². The Bertz CT molecular complexity index is 390. The Hall–Kier alpha value is -1.20. The van der Waals surface area contributed by atoms with Crippen LogP contribution in [-0.2, 0) is 0 Å². The van der Waals surface area contributed by atoms with Crippen molar-refractivity contribution in [3.05, 3.63) is 29.3 Å². The summed E-state index contributed by atoms with van der Waals surface area (Å²) in [7, 11) is 0. The van der Waals surface area contributed by atoms with Crippen molar-refractivity contribution in [2.75, 3.05) is 30.0 Å². The molecule has 0 aliphatic heterocycles. The monoisotopic (exact) mass is 282 g/mol. The van der Waals surface area contributed by atoms with Crippen molar-refractivity contribution in [3.63, 3.8) is 0 Å². The average Bonchev–Trinajstić information content (AvgIpc) is 2.38. The number of amides is 2. The van der Waals surface area contributed by atoms with Crippen LogP contribution < -0.4 is 10.6 Å². The number of nitrogens with one attached hydrogen (secondary N) is 2. The number of aliphatic hydroxyl groups is 1. The number of carbonyl (C=O) groups is 1. The maximum atomic E-state index is 11.7. The van der Waals surface area contributed by atoms with E-state index in [-0.39, 0.29) is 12.6 Å². The van der Waals surface area contributed by atoms with Crippen LogP contribution in [-0.4, -0.2) is 35.8 Å². The lowest BCUT2D eigenvalue weighted by Crippen LogP contribution is -2.31. The fourth-order valence-electron chi connectivity index (χ4n) is 1.67. The van der Waals surface area contributed by atoms with Gasteiger partial charge in [0.2, 0.25) is 0 Å². The minimum absolute atomic E-state index is 0.167. The molecule has 1 aromatic carbocycles. The molecular weight excluding hydrogens is 260 g/mol. The van der Waals surface area contributed by atoms with Crippen LogP contribution in [0.4, 0.5) is 10.5 Å². The smallest absolute Gasteiger partial charge is 0.319 e. The van der Waals surface area contributed by atoms with Crippen molar-refractivity contribution < 1.29 is 9.90 Å². The molecule has 4 nitrogen and oxygen atoms in total. The summed E-state index contributed by atoms with van der Waals surface area (Å²) in [5.74, 6) is 1.79. The molecule has 0 radical (unpaired) electrons. The van der Waals surface area contributed by atoms with E-state index in [1.54, 1.807) is 11.8 Å². The number of rotatable bonds is 7. The van der Waals surface area contributed by atoms with E-state index in [2.05, 4.69) is 10.6 Å². The molecule has 0 aliphatic rings. The van der Waals surface area contributed by atoms with E-state index in [1.807, 2.05) is 32.0 Å². The van der Waals surface area contributed by atoms with Gasteiger partial charge in [0.25, 0.3) is 0 Å². The van der Waals surface area contributed by atoms with Gasteiger partial charge < -0.3 is 15.7 Å². The second-order valence-electron chi connectivity index (χ2n) is 4.34. The van der Waals surface area contributed by atoms with E-state index >= 15 is 0 Å². The normalized spacial score (nSPS) is 10.3. The Morgan fingerprint density at radius 2 is 1.95 bits per heavy atom. The summed E-state index contributed by atoms with van der Waals surface area (Å²) in [6.45, 7) is 4.82. The summed E-state index contributed by atoms with van der Waals surface area (Å²) in [6, 6.07) is 5.77. The van der Waals surface area contributed by atoms with Crippen LogP contribution >= 0.6 is 11.8 Å². The van der Waals surface area contributed by atoms with Crippen LogP contribution in [0, 0.1) is 13.8 Å². The van der Waals surface area contributed by atoms with Crippen LogP contribution in [0.2, 0.25) is 0 Å². The lowest BCUT2D eigenvalue weighted by atomic mass is 10.1. The quantitative estimate of drug-likeness (QED) is 0.674. The standard InChI is InChI=1S/C14H22N2O2S/c1-11-5-3-6-12(2)13(11)16-14(18)15-7-10-19-9-4-8-17/h3,5-6,17H,4,7-10H2,1-2H3,(H2,15,16,18). The van der Waals surface area contributed by atoms with Gasteiger partial charge in [-0.25, -0.2) is 4.79 Å². The number of thioether (sulfide) groups is 1. The molecule has 3 N–H and O–H groups in total. The number of para-hydroxylation sites is 1. The van der Waals surface area contributed by atoms with Gasteiger partial charge in [0, 0.05) is 24.6 Å². The molecule has 106 valence electrons. The summed E-state index contributed by atoms with van der Waals surface area (Å²) in [4.78, 5) is 11.7. The summed E-state index contributed by atoms with van der Waals surface area (Å²) in [6.07, 6.45) is 0.805. The molecule has 5 heteroatoms. The van der Waals surface area contributed by atoms with E-state index in [9.17, 15) is 4.79 Å². The molecule has 0 saturated heterocycles. The number of anilines is 1. The minimum Gasteiger partial charge on any atom is -0.396 e. The molecule has 0 aromatic heterocycles. The molecule has 0 bridgehead atoms. The highest BCUT2D eigenvalue weighted by Gasteiger charge is 2.05. The van der Waals surface area contributed by atoms with E-state index in [0.29, 0.717) is 6.54 Å². The second kappa shape index (κ2) is 8.82. The summed E-state index contributed by atoms with van der Waals surface area (Å²) >= 11 is 1.73. The van der Waals surface area contributed by atoms with Crippen LogP contribution in [0.25, 0.3) is 0 Å². The van der Waals surface area contributed by atoms with E-state index in [4.69, 9.17) is 5.11 Å². The second-order valence-corrected chi connectivity index (χ2v) is 5.56. The van der Waals surface area contributed by atoms with Crippen LogP contribution in [0.3, 0.4) is 0 Å². The first-order chi connectivity index (χ1) is 9.15. The molecule has 0 spiro atoms. The molecule has 0 fully saturated rings. The molecule has 19 heavy (non-hydrogen) atoms. The first kappa shape index (κ1) is 15.9. The van der Waals surface area contributed by atoms with Crippen molar-refractivity contribution >= 4 is 23.5 Å². The average molecular weight is 282 g/mol. The third kappa shape index (κ3) is 5.98. The Kier molecular flexibility index (Phi) is 7.36. The summed E-state index contributed by atoms with van der Waals surface area (Å²) in [5.41, 5.74) is 3.01. The molecule has 0 aliphatic carbocycles. The molecule has 0 unspecified atom stereocenters. The highest BCUT2D eigenvalue weighted by Crippen LogP contribution is 2.18. The highest BCUT2D eigenvalue weighted by atomic mass is 32.2. The summed E-state index contributed by atoms with van der Waals surface area (Å²) < 4.78 is 0. The fraction of sp³-hybridized carbons (Fsp3) is 0.500. The van der Waals surface area contributed by atoms with Gasteiger partial charge in [-0.05, 0) is 37.1 Å². The van der Waals surface area contributed by atoms with Crippen LogP contribution in [0.15, 0.2) is 18.2 Å². The Morgan fingerprint density at radius 1 is 1.26 bits per heavy atom. The largest absolute Gasteiger partial charge is 0.396 e. The zero-order valence-corrected chi connectivity index (χ0v) is 12.3. The number of benzene rings is 1. The van der Waals surface area contributed by atoms with Crippen molar-refractivity contribution in [2.45, 2.75) is 20.3 Å². The molecule has 0 saturated carbocycles. The number of hydrogen-bond donors (Lipinski definition) is 3. The van der Waals surface area contributed by atoms with Gasteiger partial charge in [0.15, 0.2) is 0 Å².